The maximum absolute atomic E-state index is 13.0. The molecule has 1 heterocycles. The molecule has 3 aromatic rings. The van der Waals surface area contributed by atoms with Gasteiger partial charge >= 0.3 is 0 Å². The molecule has 124 valence electrons. The first-order valence-electron chi connectivity index (χ1n) is 7.86. The number of benzene rings is 3. The van der Waals surface area contributed by atoms with Gasteiger partial charge in [-0.05, 0) is 47.9 Å². The Morgan fingerprint density at radius 3 is 2.12 bits per heavy atom. The molecule has 2 amide bonds. The largest absolute Gasteiger partial charge is 0.378 e. The Morgan fingerprint density at radius 1 is 0.840 bits per heavy atom. The summed E-state index contributed by atoms with van der Waals surface area (Å²) in [5.41, 5.74) is 2.67. The monoisotopic (exact) mass is 394 g/mol. The number of carbonyl (C=O) groups is 2. The number of carbonyl (C=O) groups excluding carboxylic acids is 2. The van der Waals surface area contributed by atoms with E-state index in [2.05, 4.69) is 15.9 Å². The third-order valence-corrected chi connectivity index (χ3v) is 5.17. The van der Waals surface area contributed by atoms with E-state index in [1.54, 1.807) is 24.3 Å². The normalized spacial score (nSPS) is 13.5. The van der Waals surface area contributed by atoms with E-state index in [0.29, 0.717) is 22.2 Å². The maximum Gasteiger partial charge on any atom is 0.265 e. The first-order valence-corrected chi connectivity index (χ1v) is 8.66. The number of amides is 2. The molecule has 0 N–H and O–H groups in total. The highest BCUT2D eigenvalue weighted by Crippen LogP contribution is 2.36. The van der Waals surface area contributed by atoms with Gasteiger partial charge in [0.15, 0.2) is 0 Å². The summed E-state index contributed by atoms with van der Waals surface area (Å²) in [5.74, 6) is -0.586. The van der Waals surface area contributed by atoms with Crippen LogP contribution in [0.25, 0.3) is 10.8 Å². The van der Waals surface area contributed by atoms with Gasteiger partial charge in [0.1, 0.15) is 0 Å². The van der Waals surface area contributed by atoms with Crippen LogP contribution in [-0.4, -0.2) is 25.9 Å². The first kappa shape index (κ1) is 15.8. The average molecular weight is 395 g/mol. The molecule has 1 aliphatic heterocycles. The van der Waals surface area contributed by atoms with Crippen molar-refractivity contribution in [3.8, 4) is 0 Å². The van der Waals surface area contributed by atoms with E-state index < -0.39 is 0 Å². The van der Waals surface area contributed by atoms with E-state index in [-0.39, 0.29) is 11.8 Å². The van der Waals surface area contributed by atoms with Crippen LogP contribution in [0.2, 0.25) is 0 Å². The van der Waals surface area contributed by atoms with Gasteiger partial charge in [-0.15, -0.1) is 0 Å². The van der Waals surface area contributed by atoms with E-state index in [9.17, 15) is 9.59 Å². The fraction of sp³-hybridized carbons (Fsp3) is 0.100. The second-order valence-corrected chi connectivity index (χ2v) is 7.03. The molecule has 3 aromatic carbocycles. The van der Waals surface area contributed by atoms with Gasteiger partial charge in [-0.25, -0.2) is 4.90 Å². The van der Waals surface area contributed by atoms with Crippen molar-refractivity contribution >= 4 is 49.9 Å². The van der Waals surface area contributed by atoms with Gasteiger partial charge in [0.05, 0.1) is 5.69 Å². The number of nitrogens with zero attached hydrogens (tertiary/aromatic N) is 2. The van der Waals surface area contributed by atoms with Crippen molar-refractivity contribution < 1.29 is 9.59 Å². The van der Waals surface area contributed by atoms with Gasteiger partial charge in [-0.1, -0.05) is 28.1 Å². The highest BCUT2D eigenvalue weighted by atomic mass is 79.9. The molecule has 0 bridgehead atoms. The van der Waals surface area contributed by atoms with Gasteiger partial charge in [0.2, 0.25) is 0 Å². The van der Waals surface area contributed by atoms with Crippen molar-refractivity contribution in [3.05, 3.63) is 70.2 Å². The minimum Gasteiger partial charge on any atom is -0.378 e. The molecule has 0 aromatic heterocycles. The minimum absolute atomic E-state index is 0.293. The maximum atomic E-state index is 13.0. The summed E-state index contributed by atoms with van der Waals surface area (Å²) >= 11 is 3.50. The molecule has 0 saturated heterocycles. The fourth-order valence-electron chi connectivity index (χ4n) is 3.20. The zero-order valence-electron chi connectivity index (χ0n) is 13.8. The average Bonchev–Trinajstić information content (AvgIpc) is 2.61. The van der Waals surface area contributed by atoms with Gasteiger partial charge in [-0.2, -0.15) is 0 Å². The van der Waals surface area contributed by atoms with Crippen molar-refractivity contribution in [2.75, 3.05) is 23.9 Å². The summed E-state index contributed by atoms with van der Waals surface area (Å²) in [7, 11) is 3.89. The predicted octanol–water partition coefficient (Wildman–Crippen LogP) is 4.47. The Kier molecular flexibility index (Phi) is 3.62. The molecule has 0 aliphatic carbocycles. The van der Waals surface area contributed by atoms with E-state index in [1.807, 2.05) is 49.3 Å². The van der Waals surface area contributed by atoms with Crippen LogP contribution in [0.3, 0.4) is 0 Å². The first-order chi connectivity index (χ1) is 12.0. The second kappa shape index (κ2) is 5.70. The molecule has 0 fully saturated rings. The van der Waals surface area contributed by atoms with Crippen LogP contribution < -0.4 is 9.80 Å². The van der Waals surface area contributed by atoms with E-state index in [1.165, 1.54) is 4.90 Å². The molecule has 0 radical (unpaired) electrons. The Balaban J connectivity index is 1.89. The number of rotatable bonds is 2. The molecule has 4 nitrogen and oxygen atoms in total. The van der Waals surface area contributed by atoms with Crippen molar-refractivity contribution in [1.82, 2.24) is 0 Å². The highest BCUT2D eigenvalue weighted by molar-refractivity contribution is 9.10. The molecule has 0 atom stereocenters. The summed E-state index contributed by atoms with van der Waals surface area (Å²) in [6.07, 6.45) is 0. The number of hydrogen-bond acceptors (Lipinski definition) is 3. The smallest absolute Gasteiger partial charge is 0.265 e. The standard InChI is InChI=1S/C20H15BrN2O2/c1-22(2)12-6-8-13(9-7-12)23-19(24)15-5-3-4-14-17(21)11-10-16(18(14)15)20(23)25/h3-11H,1-2H3. The quantitative estimate of drug-likeness (QED) is 0.602. The van der Waals surface area contributed by atoms with Crippen LogP contribution in [0.5, 0.6) is 0 Å². The summed E-state index contributed by atoms with van der Waals surface area (Å²) < 4.78 is 0.873. The highest BCUT2D eigenvalue weighted by Gasteiger charge is 2.34. The van der Waals surface area contributed by atoms with Crippen LogP contribution in [-0.2, 0) is 0 Å². The van der Waals surface area contributed by atoms with Gasteiger partial charge in [-0.3, -0.25) is 9.59 Å². The molecular weight excluding hydrogens is 380 g/mol. The van der Waals surface area contributed by atoms with Crippen LogP contribution in [0.15, 0.2) is 59.1 Å². The lowest BCUT2D eigenvalue weighted by Gasteiger charge is -2.27. The number of halogens is 1. The lowest BCUT2D eigenvalue weighted by Crippen LogP contribution is -2.40. The summed E-state index contributed by atoms with van der Waals surface area (Å²) in [6.45, 7) is 0. The molecule has 5 heteroatoms. The SMILES string of the molecule is CN(C)c1ccc(N2C(=O)c3cccc4c(Br)ccc(c34)C2=O)cc1. The van der Waals surface area contributed by atoms with Gasteiger partial charge in [0.25, 0.3) is 11.8 Å². The zero-order valence-corrected chi connectivity index (χ0v) is 15.4. The fourth-order valence-corrected chi connectivity index (χ4v) is 3.66. The Hall–Kier alpha value is -2.66. The topological polar surface area (TPSA) is 40.6 Å². The Labute approximate surface area is 153 Å². The predicted molar refractivity (Wildman–Crippen MR) is 104 cm³/mol. The summed E-state index contributed by atoms with van der Waals surface area (Å²) in [5, 5.41) is 1.59. The van der Waals surface area contributed by atoms with Crippen LogP contribution >= 0.6 is 15.9 Å². The zero-order chi connectivity index (χ0) is 17.7. The molecule has 4 rings (SSSR count). The number of hydrogen-bond donors (Lipinski definition) is 0. The molecule has 1 aliphatic rings. The number of imide groups is 1. The minimum atomic E-state index is -0.293. The molecule has 0 unspecified atom stereocenters. The van der Waals surface area contributed by atoms with Crippen LogP contribution in [0.4, 0.5) is 11.4 Å². The lowest BCUT2D eigenvalue weighted by molar-refractivity contribution is 0.0893. The molecule has 0 saturated carbocycles. The van der Waals surface area contributed by atoms with Gasteiger partial charge < -0.3 is 4.90 Å². The Morgan fingerprint density at radius 2 is 1.48 bits per heavy atom. The van der Waals surface area contributed by atoms with E-state index in [4.69, 9.17) is 0 Å². The van der Waals surface area contributed by atoms with Crippen molar-refractivity contribution in [1.29, 1.82) is 0 Å². The van der Waals surface area contributed by atoms with Crippen molar-refractivity contribution in [3.63, 3.8) is 0 Å². The second-order valence-electron chi connectivity index (χ2n) is 6.18. The van der Waals surface area contributed by atoms with Crippen molar-refractivity contribution in [2.24, 2.45) is 0 Å². The summed E-state index contributed by atoms with van der Waals surface area (Å²) in [6, 6.07) is 16.5. The molecular formula is C20H15BrN2O2. The lowest BCUT2D eigenvalue weighted by atomic mass is 9.94. The third kappa shape index (κ3) is 2.35. The number of anilines is 2. The molecule has 0 spiro atoms. The third-order valence-electron chi connectivity index (χ3n) is 4.48. The van der Waals surface area contributed by atoms with Crippen LogP contribution in [0.1, 0.15) is 20.7 Å². The molecule has 25 heavy (non-hydrogen) atoms. The van der Waals surface area contributed by atoms with Crippen LogP contribution in [0, 0.1) is 0 Å². The van der Waals surface area contributed by atoms with Crippen molar-refractivity contribution in [2.45, 2.75) is 0 Å². The van der Waals surface area contributed by atoms with E-state index in [0.717, 1.165) is 15.5 Å². The van der Waals surface area contributed by atoms with E-state index >= 15 is 0 Å². The Bertz CT molecular complexity index is 1000. The summed E-state index contributed by atoms with van der Waals surface area (Å²) in [4.78, 5) is 29.3. The van der Waals surface area contributed by atoms with Gasteiger partial charge in [0, 0.05) is 40.8 Å².